The van der Waals surface area contributed by atoms with Gasteiger partial charge >= 0.3 is 18.7 Å². The van der Waals surface area contributed by atoms with Crippen LogP contribution in [-0.4, -0.2) is 36.4 Å². The van der Waals surface area contributed by atoms with Gasteiger partial charge < -0.3 is 15.2 Å². The minimum absolute atomic E-state index is 0.0376. The zero-order valence-corrected chi connectivity index (χ0v) is 19.8. The lowest BCUT2D eigenvalue weighted by molar-refractivity contribution is -0.345. The molecule has 3 rings (SSSR count). The van der Waals surface area contributed by atoms with E-state index in [1.165, 1.54) is 24.3 Å². The van der Waals surface area contributed by atoms with Gasteiger partial charge in [-0.2, -0.15) is 26.3 Å². The maximum absolute atomic E-state index is 13.0. The molecule has 0 aromatic heterocycles. The molecule has 1 aliphatic rings. The number of aliphatic hydroxyl groups is 1. The van der Waals surface area contributed by atoms with Crippen molar-refractivity contribution in [2.75, 3.05) is 6.54 Å². The molecule has 0 saturated heterocycles. The average Bonchev–Trinajstić information content (AvgIpc) is 2.82. The van der Waals surface area contributed by atoms with Crippen LogP contribution in [0.5, 0.6) is 5.75 Å². The Balaban J connectivity index is 1.74. The molecule has 13 heteroatoms. The number of aliphatic hydroxyl groups excluding tert-OH is 1. The van der Waals surface area contributed by atoms with Crippen molar-refractivity contribution in [2.24, 2.45) is 5.92 Å². The summed E-state index contributed by atoms with van der Waals surface area (Å²) in [5, 5.41) is 12.1. The van der Waals surface area contributed by atoms with E-state index >= 15 is 0 Å². The maximum atomic E-state index is 13.0. The molecule has 1 saturated carbocycles. The SMILES string of the molecule is OC(CNC(c1cccc(OCc2cccc(C(F)(F)F)c2)c1)C1CCC(OC(F)(F)F)CC1)C(F)(F)F. The van der Waals surface area contributed by atoms with Crippen LogP contribution in [0.4, 0.5) is 39.5 Å². The van der Waals surface area contributed by atoms with Gasteiger partial charge in [0, 0.05) is 12.6 Å². The van der Waals surface area contributed by atoms with Crippen LogP contribution in [0.2, 0.25) is 0 Å². The minimum Gasteiger partial charge on any atom is -0.489 e. The Morgan fingerprint density at radius 1 is 0.868 bits per heavy atom. The fraction of sp³-hybridized carbons (Fsp3) is 0.520. The molecule has 0 heterocycles. The second kappa shape index (κ2) is 12.1. The van der Waals surface area contributed by atoms with E-state index in [-0.39, 0.29) is 49.5 Å². The van der Waals surface area contributed by atoms with E-state index < -0.39 is 49.1 Å². The van der Waals surface area contributed by atoms with Crippen molar-refractivity contribution in [3.8, 4) is 5.75 Å². The molecule has 0 spiro atoms. The Morgan fingerprint density at radius 2 is 1.53 bits per heavy atom. The quantitative estimate of drug-likeness (QED) is 0.327. The Kier molecular flexibility index (Phi) is 9.58. The van der Waals surface area contributed by atoms with Crippen molar-refractivity contribution >= 4 is 0 Å². The van der Waals surface area contributed by atoms with E-state index in [0.717, 1.165) is 12.1 Å². The zero-order chi connectivity index (χ0) is 28.1. The molecule has 2 atom stereocenters. The van der Waals surface area contributed by atoms with Crippen LogP contribution in [0.1, 0.15) is 48.4 Å². The molecule has 38 heavy (non-hydrogen) atoms. The number of ether oxygens (including phenoxy) is 2. The molecule has 212 valence electrons. The van der Waals surface area contributed by atoms with Gasteiger partial charge in [0.2, 0.25) is 0 Å². The lowest BCUT2D eigenvalue weighted by atomic mass is 9.80. The molecule has 0 radical (unpaired) electrons. The highest BCUT2D eigenvalue weighted by atomic mass is 19.4. The highest BCUT2D eigenvalue weighted by Gasteiger charge is 2.40. The zero-order valence-electron chi connectivity index (χ0n) is 19.8. The van der Waals surface area contributed by atoms with Crippen LogP contribution >= 0.6 is 0 Å². The Morgan fingerprint density at radius 3 is 2.13 bits per heavy atom. The van der Waals surface area contributed by atoms with Crippen LogP contribution in [0.25, 0.3) is 0 Å². The number of halogens is 9. The van der Waals surface area contributed by atoms with Gasteiger partial charge in [0.25, 0.3) is 0 Å². The summed E-state index contributed by atoms with van der Waals surface area (Å²) >= 11 is 0. The van der Waals surface area contributed by atoms with E-state index in [1.54, 1.807) is 12.1 Å². The number of alkyl halides is 9. The summed E-state index contributed by atoms with van der Waals surface area (Å²) in [7, 11) is 0. The molecule has 1 aliphatic carbocycles. The first kappa shape index (κ1) is 30.0. The summed E-state index contributed by atoms with van der Waals surface area (Å²) in [6.07, 6.45) is -17.4. The van der Waals surface area contributed by atoms with Gasteiger partial charge in [-0.25, -0.2) is 0 Å². The van der Waals surface area contributed by atoms with E-state index in [2.05, 4.69) is 10.1 Å². The number of rotatable bonds is 9. The van der Waals surface area contributed by atoms with Crippen molar-refractivity contribution in [1.82, 2.24) is 5.32 Å². The van der Waals surface area contributed by atoms with Crippen molar-refractivity contribution in [2.45, 2.75) is 69.3 Å². The lowest BCUT2D eigenvalue weighted by Gasteiger charge is -2.35. The maximum Gasteiger partial charge on any atom is 0.522 e. The van der Waals surface area contributed by atoms with Crippen LogP contribution in [-0.2, 0) is 17.5 Å². The number of benzene rings is 2. The molecule has 2 aromatic rings. The van der Waals surface area contributed by atoms with Crippen molar-refractivity contribution in [3.63, 3.8) is 0 Å². The molecular weight excluding hydrogens is 533 g/mol. The van der Waals surface area contributed by atoms with E-state index in [1.807, 2.05) is 0 Å². The fourth-order valence-electron chi connectivity index (χ4n) is 4.44. The van der Waals surface area contributed by atoms with Crippen LogP contribution in [0.15, 0.2) is 48.5 Å². The highest BCUT2D eigenvalue weighted by Crippen LogP contribution is 2.38. The number of hydrogen-bond donors (Lipinski definition) is 2. The third-order valence-corrected chi connectivity index (χ3v) is 6.28. The molecular formula is C25H26F9NO3. The summed E-state index contributed by atoms with van der Waals surface area (Å²) in [6.45, 7) is -1.05. The largest absolute Gasteiger partial charge is 0.522 e. The van der Waals surface area contributed by atoms with Gasteiger partial charge in [0.1, 0.15) is 12.4 Å². The number of nitrogens with one attached hydrogen (secondary N) is 1. The molecule has 0 amide bonds. The van der Waals surface area contributed by atoms with Crippen LogP contribution in [0, 0.1) is 5.92 Å². The Labute approximate surface area is 212 Å². The standard InChI is InChI=1S/C25H26F9NO3/c26-23(27,28)18-5-1-3-15(11-18)14-37-20-6-2-4-17(12-20)22(35-13-21(36)24(29,30)31)16-7-9-19(10-8-16)38-25(32,33)34/h1-6,11-12,16,19,21-22,35-36H,7-10,13-14H2. The smallest absolute Gasteiger partial charge is 0.489 e. The second-order valence-electron chi connectivity index (χ2n) is 9.10. The summed E-state index contributed by atoms with van der Waals surface area (Å²) in [6, 6.07) is 9.94. The lowest BCUT2D eigenvalue weighted by Crippen LogP contribution is -2.42. The third-order valence-electron chi connectivity index (χ3n) is 6.28. The van der Waals surface area contributed by atoms with Gasteiger partial charge in [-0.1, -0.05) is 24.3 Å². The molecule has 2 aromatic carbocycles. The van der Waals surface area contributed by atoms with Gasteiger partial charge in [-0.15, -0.1) is 13.2 Å². The third kappa shape index (κ3) is 9.05. The van der Waals surface area contributed by atoms with E-state index in [0.29, 0.717) is 5.56 Å². The molecule has 2 N–H and O–H groups in total. The summed E-state index contributed by atoms with van der Waals surface area (Å²) in [5.74, 6) is -0.139. The Bertz CT molecular complexity index is 1030. The molecule has 4 nitrogen and oxygen atoms in total. The molecule has 2 unspecified atom stereocenters. The first-order valence-corrected chi connectivity index (χ1v) is 11.7. The summed E-state index contributed by atoms with van der Waals surface area (Å²) in [5.41, 5.74) is -0.137. The predicted molar refractivity (Wildman–Crippen MR) is 118 cm³/mol. The average molecular weight is 559 g/mol. The molecule has 0 bridgehead atoms. The van der Waals surface area contributed by atoms with Crippen LogP contribution in [0.3, 0.4) is 0 Å². The highest BCUT2D eigenvalue weighted by molar-refractivity contribution is 5.32. The summed E-state index contributed by atoms with van der Waals surface area (Å²) < 4.78 is 125. The minimum atomic E-state index is -4.87. The number of hydrogen-bond acceptors (Lipinski definition) is 4. The van der Waals surface area contributed by atoms with E-state index in [4.69, 9.17) is 4.74 Å². The van der Waals surface area contributed by atoms with Gasteiger partial charge in [0.15, 0.2) is 6.10 Å². The van der Waals surface area contributed by atoms with Crippen LogP contribution < -0.4 is 10.1 Å². The monoisotopic (exact) mass is 559 g/mol. The van der Waals surface area contributed by atoms with Crippen molar-refractivity contribution in [3.05, 3.63) is 65.2 Å². The fourth-order valence-corrected chi connectivity index (χ4v) is 4.44. The second-order valence-corrected chi connectivity index (χ2v) is 9.10. The Hall–Kier alpha value is -2.51. The predicted octanol–water partition coefficient (Wildman–Crippen LogP) is 6.93. The molecule has 0 aliphatic heterocycles. The van der Waals surface area contributed by atoms with Crippen molar-refractivity contribution in [1.29, 1.82) is 0 Å². The van der Waals surface area contributed by atoms with E-state index in [9.17, 15) is 44.6 Å². The van der Waals surface area contributed by atoms with Crippen molar-refractivity contribution < 1.29 is 54.1 Å². The first-order valence-electron chi connectivity index (χ1n) is 11.7. The summed E-state index contributed by atoms with van der Waals surface area (Å²) in [4.78, 5) is 0. The normalized spacial score (nSPS) is 20.7. The first-order chi connectivity index (χ1) is 17.6. The topological polar surface area (TPSA) is 50.7 Å². The van der Waals surface area contributed by atoms with Gasteiger partial charge in [0.05, 0.1) is 11.7 Å². The van der Waals surface area contributed by atoms with Gasteiger partial charge in [-0.3, -0.25) is 4.74 Å². The molecule has 1 fully saturated rings. The van der Waals surface area contributed by atoms with Gasteiger partial charge in [-0.05, 0) is 67.0 Å².